The van der Waals surface area contributed by atoms with Crippen LogP contribution in [0.5, 0.6) is 0 Å². The minimum atomic E-state index is -0.520. The summed E-state index contributed by atoms with van der Waals surface area (Å²) in [7, 11) is 0. The topological polar surface area (TPSA) is 70.5 Å². The molecule has 1 rings (SSSR count). The molecule has 0 unspecified atom stereocenters. The fourth-order valence-electron chi connectivity index (χ4n) is 1.31. The van der Waals surface area contributed by atoms with E-state index in [1.54, 1.807) is 0 Å². The van der Waals surface area contributed by atoms with Crippen molar-refractivity contribution in [3.05, 3.63) is 0 Å². The van der Waals surface area contributed by atoms with E-state index in [-0.39, 0.29) is 12.2 Å². The zero-order valence-corrected chi connectivity index (χ0v) is 14.7. The molecule has 1 saturated heterocycles. The van der Waals surface area contributed by atoms with Gasteiger partial charge in [-0.3, -0.25) is 0 Å². The number of hydrogen-bond acceptors (Lipinski definition) is 4. The molecule has 1 heterocycles. The standard InChI is InChI=1S/C7H16N2O2.2HI.Pt/c1-7(2)10-5(3-8)6(4-9)11-7;;;/h5-6H,3-4,8-9H2,1-2H3;2*1H;/q;;;+2/p-2/t5-,6-;;;/m0.../s1. The first-order chi connectivity index (χ1) is 6.50. The first kappa shape index (κ1) is 16.0. The third-order valence-corrected chi connectivity index (χ3v) is 1.75. The second-order valence-electron chi connectivity index (χ2n) is 3.23. The van der Waals surface area contributed by atoms with Crippen LogP contribution < -0.4 is 11.5 Å². The van der Waals surface area contributed by atoms with Crippen molar-refractivity contribution < 1.29 is 20.7 Å². The summed E-state index contributed by atoms with van der Waals surface area (Å²) in [6.45, 7) is 4.66. The number of nitrogens with two attached hydrogens (primary N) is 2. The minimum absolute atomic E-state index is 0.0463. The Balaban J connectivity index is 0.000000500. The van der Waals surface area contributed by atoms with E-state index in [2.05, 4.69) is 38.7 Å². The molecule has 0 aromatic heterocycles. The molecule has 7 heteroatoms. The Hall–Kier alpha value is 1.99. The summed E-state index contributed by atoms with van der Waals surface area (Å²) in [5.41, 5.74) is 10.9. The first-order valence-corrected chi connectivity index (χ1v) is 17.0. The van der Waals surface area contributed by atoms with Crippen molar-refractivity contribution >= 4 is 38.7 Å². The number of halogens is 2. The van der Waals surface area contributed by atoms with Crippen LogP contribution in [0.3, 0.4) is 0 Å². The van der Waals surface area contributed by atoms with Gasteiger partial charge in [-0.2, -0.15) is 0 Å². The molecular formula is C7H16I2N2O2Pt. The molecule has 0 amide bonds. The van der Waals surface area contributed by atoms with Gasteiger partial charge >= 0.3 is 49.9 Å². The van der Waals surface area contributed by atoms with Crippen LogP contribution in [0.1, 0.15) is 13.8 Å². The molecule has 0 aromatic carbocycles. The number of hydrogen-bond donors (Lipinski definition) is 2. The van der Waals surface area contributed by atoms with Crippen molar-refractivity contribution in [2.45, 2.75) is 31.8 Å². The van der Waals surface area contributed by atoms with Crippen molar-refractivity contribution in [1.29, 1.82) is 0 Å². The van der Waals surface area contributed by atoms with E-state index < -0.39 is 5.79 Å². The summed E-state index contributed by atoms with van der Waals surface area (Å²) in [5, 5.41) is 0. The molecule has 4 N–H and O–H groups in total. The van der Waals surface area contributed by atoms with Crippen LogP contribution >= 0.6 is 38.7 Å². The third kappa shape index (κ3) is 5.91. The Bertz CT molecular complexity index is 149. The normalized spacial score (nSPS) is 29.9. The van der Waals surface area contributed by atoms with Gasteiger partial charge in [-0.05, 0) is 13.8 Å². The fourth-order valence-corrected chi connectivity index (χ4v) is 1.31. The van der Waals surface area contributed by atoms with Gasteiger partial charge in [-0.25, -0.2) is 0 Å². The fraction of sp³-hybridized carbons (Fsp3) is 1.00. The molecule has 4 nitrogen and oxygen atoms in total. The summed E-state index contributed by atoms with van der Waals surface area (Å²) < 4.78 is 10.9. The molecule has 1 fully saturated rings. The van der Waals surface area contributed by atoms with Crippen molar-refractivity contribution in [1.82, 2.24) is 0 Å². The van der Waals surface area contributed by atoms with E-state index in [1.165, 1.54) is 0 Å². The maximum atomic E-state index is 5.47. The number of ether oxygens (including phenoxy) is 2. The van der Waals surface area contributed by atoms with Gasteiger partial charge in [0.15, 0.2) is 5.79 Å². The third-order valence-electron chi connectivity index (χ3n) is 1.75. The molecule has 1 aliphatic heterocycles. The van der Waals surface area contributed by atoms with Crippen molar-refractivity contribution in [3.8, 4) is 0 Å². The zero-order chi connectivity index (χ0) is 11.2. The van der Waals surface area contributed by atoms with Crippen molar-refractivity contribution in [2.24, 2.45) is 11.5 Å². The summed E-state index contributed by atoms with van der Waals surface area (Å²) in [5.74, 6) is -0.520. The van der Waals surface area contributed by atoms with E-state index >= 15 is 0 Å². The first-order valence-electron chi connectivity index (χ1n) is 4.09. The van der Waals surface area contributed by atoms with E-state index in [1.807, 2.05) is 13.8 Å². The second-order valence-corrected chi connectivity index (χ2v) is 19.8. The van der Waals surface area contributed by atoms with Gasteiger partial charge in [-0.15, -0.1) is 0 Å². The van der Waals surface area contributed by atoms with Crippen LogP contribution in [0.15, 0.2) is 0 Å². The van der Waals surface area contributed by atoms with Gasteiger partial charge < -0.3 is 20.9 Å². The van der Waals surface area contributed by atoms with Crippen LogP contribution in [0.25, 0.3) is 0 Å². The van der Waals surface area contributed by atoms with Gasteiger partial charge in [0, 0.05) is 13.1 Å². The molecule has 0 spiro atoms. The van der Waals surface area contributed by atoms with Crippen molar-refractivity contribution in [2.75, 3.05) is 13.1 Å². The van der Waals surface area contributed by atoms with Crippen molar-refractivity contribution in [3.63, 3.8) is 0 Å². The van der Waals surface area contributed by atoms with Gasteiger partial charge in [0.1, 0.15) is 12.2 Å². The molecule has 0 aromatic rings. The quantitative estimate of drug-likeness (QED) is 0.463. The Labute approximate surface area is 114 Å². The zero-order valence-electron chi connectivity index (χ0n) is 8.11. The Morgan fingerprint density at radius 1 is 1.14 bits per heavy atom. The van der Waals surface area contributed by atoms with Crippen LogP contribution in [-0.2, 0) is 20.7 Å². The average molecular weight is 609 g/mol. The Morgan fingerprint density at radius 2 is 1.43 bits per heavy atom. The summed E-state index contributed by atoms with van der Waals surface area (Å²) in [4.78, 5) is 0. The molecule has 1 aliphatic rings. The van der Waals surface area contributed by atoms with Gasteiger partial charge in [-0.1, -0.05) is 0 Å². The van der Waals surface area contributed by atoms with E-state index in [0.717, 1.165) is 0 Å². The SMILES string of the molecule is CC1(C)O[C@@H](CN)[C@H](CN)O1.[I][Pt][I]. The Kier molecular flexibility index (Phi) is 9.29. The van der Waals surface area contributed by atoms with Crippen LogP contribution in [-0.4, -0.2) is 31.1 Å². The molecule has 0 saturated carbocycles. The summed E-state index contributed by atoms with van der Waals surface area (Å²) in [6.07, 6.45) is -0.0926. The number of rotatable bonds is 2. The second kappa shape index (κ2) is 8.13. The summed E-state index contributed by atoms with van der Waals surface area (Å²) >= 11 is 5.30. The van der Waals surface area contributed by atoms with Crippen LogP contribution in [0.4, 0.5) is 0 Å². The van der Waals surface area contributed by atoms with Gasteiger partial charge in [0.25, 0.3) is 0 Å². The molecule has 0 aliphatic carbocycles. The maximum absolute atomic E-state index is 5.47. The monoisotopic (exact) mass is 609 g/mol. The molecule has 14 heavy (non-hydrogen) atoms. The molecular weight excluding hydrogens is 593 g/mol. The Morgan fingerprint density at radius 3 is 1.64 bits per heavy atom. The molecule has 0 bridgehead atoms. The predicted octanol–water partition coefficient (Wildman–Crippen LogP) is 1.19. The van der Waals surface area contributed by atoms with Crippen LogP contribution in [0.2, 0.25) is 0 Å². The summed E-state index contributed by atoms with van der Waals surface area (Å²) in [6, 6.07) is 0. The molecule has 0 radical (unpaired) electrons. The van der Waals surface area contributed by atoms with Gasteiger partial charge in [0.2, 0.25) is 0 Å². The van der Waals surface area contributed by atoms with E-state index in [4.69, 9.17) is 20.9 Å². The van der Waals surface area contributed by atoms with Gasteiger partial charge in [0.05, 0.1) is 0 Å². The van der Waals surface area contributed by atoms with E-state index in [9.17, 15) is 0 Å². The van der Waals surface area contributed by atoms with Crippen LogP contribution in [0, 0.1) is 0 Å². The average Bonchev–Trinajstić information content (AvgIpc) is 2.42. The van der Waals surface area contributed by atoms with E-state index in [0.29, 0.717) is 24.3 Å². The molecule has 2 atom stereocenters. The predicted molar refractivity (Wildman–Crippen MR) is 70.0 cm³/mol. The molecule has 90 valence electrons.